The van der Waals surface area contributed by atoms with Gasteiger partial charge in [0.15, 0.2) is 5.82 Å². The van der Waals surface area contributed by atoms with Crippen molar-refractivity contribution in [3.05, 3.63) is 70.7 Å². The lowest BCUT2D eigenvalue weighted by Gasteiger charge is -2.06. The van der Waals surface area contributed by atoms with Crippen molar-refractivity contribution in [2.75, 3.05) is 13.2 Å². The Labute approximate surface area is 173 Å². The van der Waals surface area contributed by atoms with Crippen LogP contribution in [0.2, 0.25) is 0 Å². The number of amides is 1. The topological polar surface area (TPSA) is 68.5 Å². The van der Waals surface area contributed by atoms with E-state index in [1.807, 2.05) is 41.1 Å². The van der Waals surface area contributed by atoms with Gasteiger partial charge in [0.25, 0.3) is 5.91 Å². The predicted octanol–water partition coefficient (Wildman–Crippen LogP) is 4.14. The molecule has 0 aliphatic rings. The molecule has 0 aliphatic heterocycles. The largest absolute Gasteiger partial charge is 0.494 e. The molecule has 0 radical (unpaired) electrons. The highest BCUT2D eigenvalue weighted by atomic mass is 32.1. The first kappa shape index (κ1) is 19.1. The second kappa shape index (κ2) is 8.45. The highest BCUT2D eigenvalue weighted by Gasteiger charge is 2.12. The zero-order chi connectivity index (χ0) is 20.2. The number of rotatable bonds is 7. The lowest BCUT2D eigenvalue weighted by atomic mass is 10.1. The number of carbonyl (C=O) groups is 1. The Kier molecular flexibility index (Phi) is 5.57. The first-order valence-corrected chi connectivity index (χ1v) is 10.4. The summed E-state index contributed by atoms with van der Waals surface area (Å²) in [5.74, 6) is 1.39. The van der Waals surface area contributed by atoms with Crippen LogP contribution in [0.15, 0.2) is 53.9 Å². The van der Waals surface area contributed by atoms with Gasteiger partial charge >= 0.3 is 0 Å². The number of aromatic nitrogens is 3. The molecule has 2 aromatic heterocycles. The Morgan fingerprint density at radius 1 is 1.21 bits per heavy atom. The standard InChI is InChI=1S/C22H22N4O2S/c1-3-28-19-9-7-16(8-10-19)21(27)23-12-11-18-14-29-22-24-20(25-26(18)22)17-6-4-5-15(2)13-17/h4-10,13-14H,3,11-12H2,1-2H3,(H,23,27). The van der Waals surface area contributed by atoms with Gasteiger partial charge in [0.1, 0.15) is 5.75 Å². The van der Waals surface area contributed by atoms with Gasteiger partial charge in [-0.3, -0.25) is 4.79 Å². The molecule has 0 atom stereocenters. The fourth-order valence-electron chi connectivity index (χ4n) is 3.08. The summed E-state index contributed by atoms with van der Waals surface area (Å²) in [6, 6.07) is 15.3. The molecule has 6 nitrogen and oxygen atoms in total. The zero-order valence-corrected chi connectivity index (χ0v) is 17.2. The van der Waals surface area contributed by atoms with Crippen LogP contribution in [0.4, 0.5) is 0 Å². The van der Waals surface area contributed by atoms with Gasteiger partial charge in [0, 0.05) is 29.5 Å². The van der Waals surface area contributed by atoms with Crippen LogP contribution in [0.1, 0.15) is 28.5 Å². The lowest BCUT2D eigenvalue weighted by molar-refractivity contribution is 0.0954. The third-order valence-electron chi connectivity index (χ3n) is 4.52. The Bertz CT molecular complexity index is 1130. The average molecular weight is 407 g/mol. The molecule has 2 aromatic carbocycles. The van der Waals surface area contributed by atoms with Crippen LogP contribution in [-0.2, 0) is 6.42 Å². The zero-order valence-electron chi connectivity index (χ0n) is 16.4. The first-order valence-electron chi connectivity index (χ1n) is 9.55. The summed E-state index contributed by atoms with van der Waals surface area (Å²) in [7, 11) is 0. The van der Waals surface area contributed by atoms with Crippen molar-refractivity contribution in [3.8, 4) is 17.1 Å². The Balaban J connectivity index is 1.40. The van der Waals surface area contributed by atoms with Crippen molar-refractivity contribution >= 4 is 22.2 Å². The van der Waals surface area contributed by atoms with Crippen molar-refractivity contribution < 1.29 is 9.53 Å². The van der Waals surface area contributed by atoms with E-state index in [-0.39, 0.29) is 5.91 Å². The fourth-order valence-corrected chi connectivity index (χ4v) is 3.93. The molecular weight excluding hydrogens is 384 g/mol. The molecule has 0 saturated carbocycles. The molecule has 7 heteroatoms. The third-order valence-corrected chi connectivity index (χ3v) is 5.39. The monoisotopic (exact) mass is 406 g/mol. The molecule has 2 heterocycles. The SMILES string of the molecule is CCOc1ccc(C(=O)NCCc2csc3nc(-c4cccc(C)c4)nn23)cc1. The van der Waals surface area contributed by atoms with E-state index in [9.17, 15) is 4.79 Å². The summed E-state index contributed by atoms with van der Waals surface area (Å²) in [5.41, 5.74) is 3.84. The maximum Gasteiger partial charge on any atom is 0.251 e. The number of nitrogens with one attached hydrogen (secondary N) is 1. The number of aryl methyl sites for hydroxylation is 1. The van der Waals surface area contributed by atoms with Gasteiger partial charge in [0.05, 0.1) is 12.3 Å². The van der Waals surface area contributed by atoms with Gasteiger partial charge in [-0.2, -0.15) is 4.98 Å². The Hall–Kier alpha value is -3.19. The molecule has 0 unspecified atom stereocenters. The molecule has 1 amide bonds. The number of fused-ring (bicyclic) bond motifs is 1. The van der Waals surface area contributed by atoms with Crippen LogP contribution in [0.3, 0.4) is 0 Å². The van der Waals surface area contributed by atoms with Crippen molar-refractivity contribution in [2.45, 2.75) is 20.3 Å². The number of thiazole rings is 1. The minimum Gasteiger partial charge on any atom is -0.494 e. The van der Waals surface area contributed by atoms with Gasteiger partial charge in [-0.15, -0.1) is 16.4 Å². The lowest BCUT2D eigenvalue weighted by Crippen LogP contribution is -2.25. The van der Waals surface area contributed by atoms with Gasteiger partial charge in [-0.25, -0.2) is 4.52 Å². The number of carbonyl (C=O) groups excluding carboxylic acids is 1. The molecule has 0 bridgehead atoms. The summed E-state index contributed by atoms with van der Waals surface area (Å²) in [5, 5.41) is 9.66. The number of nitrogens with zero attached hydrogens (tertiary/aromatic N) is 3. The van der Waals surface area contributed by atoms with E-state index < -0.39 is 0 Å². The molecule has 0 aliphatic carbocycles. The molecule has 29 heavy (non-hydrogen) atoms. The molecule has 4 aromatic rings. The van der Waals surface area contributed by atoms with Gasteiger partial charge in [0.2, 0.25) is 4.96 Å². The van der Waals surface area contributed by atoms with Crippen LogP contribution in [-0.4, -0.2) is 33.7 Å². The van der Waals surface area contributed by atoms with Crippen LogP contribution in [0.5, 0.6) is 5.75 Å². The molecule has 4 rings (SSSR count). The van der Waals surface area contributed by atoms with E-state index >= 15 is 0 Å². The Morgan fingerprint density at radius 3 is 2.79 bits per heavy atom. The second-order valence-corrected chi connectivity index (χ2v) is 7.53. The highest BCUT2D eigenvalue weighted by molar-refractivity contribution is 7.15. The maximum absolute atomic E-state index is 12.3. The van der Waals surface area contributed by atoms with E-state index in [0.717, 1.165) is 27.8 Å². The van der Waals surface area contributed by atoms with Crippen LogP contribution in [0.25, 0.3) is 16.3 Å². The number of ether oxygens (including phenoxy) is 1. The van der Waals surface area contributed by atoms with Crippen molar-refractivity contribution in [1.29, 1.82) is 0 Å². The first-order chi connectivity index (χ1) is 14.1. The summed E-state index contributed by atoms with van der Waals surface area (Å²) < 4.78 is 7.27. The molecule has 0 spiro atoms. The Morgan fingerprint density at radius 2 is 2.03 bits per heavy atom. The number of benzene rings is 2. The minimum absolute atomic E-state index is 0.0986. The van der Waals surface area contributed by atoms with Gasteiger partial charge in [-0.05, 0) is 44.2 Å². The van der Waals surface area contributed by atoms with E-state index in [0.29, 0.717) is 25.1 Å². The molecule has 1 N–H and O–H groups in total. The van der Waals surface area contributed by atoms with Crippen LogP contribution < -0.4 is 10.1 Å². The normalized spacial score (nSPS) is 11.0. The summed E-state index contributed by atoms with van der Waals surface area (Å²) in [4.78, 5) is 17.8. The van der Waals surface area contributed by atoms with Crippen molar-refractivity contribution in [1.82, 2.24) is 19.9 Å². The number of hydrogen-bond donors (Lipinski definition) is 1. The van der Waals surface area contributed by atoms with Crippen LogP contribution >= 0.6 is 11.3 Å². The smallest absolute Gasteiger partial charge is 0.251 e. The van der Waals surface area contributed by atoms with E-state index in [1.165, 1.54) is 5.56 Å². The second-order valence-electron chi connectivity index (χ2n) is 6.69. The van der Waals surface area contributed by atoms with Gasteiger partial charge in [-0.1, -0.05) is 23.8 Å². The van der Waals surface area contributed by atoms with Crippen LogP contribution in [0, 0.1) is 6.92 Å². The van der Waals surface area contributed by atoms with Gasteiger partial charge < -0.3 is 10.1 Å². The summed E-state index contributed by atoms with van der Waals surface area (Å²) in [6.45, 7) is 5.12. The van der Waals surface area contributed by atoms with Crippen molar-refractivity contribution in [2.24, 2.45) is 0 Å². The van der Waals surface area contributed by atoms with Crippen molar-refractivity contribution in [3.63, 3.8) is 0 Å². The quantitative estimate of drug-likeness (QED) is 0.501. The van der Waals surface area contributed by atoms with E-state index in [2.05, 4.69) is 34.5 Å². The summed E-state index contributed by atoms with van der Waals surface area (Å²) >= 11 is 1.56. The fraction of sp³-hybridized carbons (Fsp3) is 0.227. The minimum atomic E-state index is -0.0986. The maximum atomic E-state index is 12.3. The predicted molar refractivity (Wildman–Crippen MR) is 115 cm³/mol. The molecule has 0 fully saturated rings. The molecule has 0 saturated heterocycles. The average Bonchev–Trinajstić information content (AvgIpc) is 3.30. The van der Waals surface area contributed by atoms with E-state index in [4.69, 9.17) is 4.74 Å². The highest BCUT2D eigenvalue weighted by Crippen LogP contribution is 2.21. The summed E-state index contributed by atoms with van der Waals surface area (Å²) in [6.07, 6.45) is 0.680. The number of hydrogen-bond acceptors (Lipinski definition) is 5. The van der Waals surface area contributed by atoms with E-state index in [1.54, 1.807) is 23.5 Å². The third kappa shape index (κ3) is 4.30. The molecule has 148 valence electrons. The molecular formula is C22H22N4O2S.